The van der Waals surface area contributed by atoms with E-state index in [1.807, 2.05) is 26.0 Å². The Balaban J connectivity index is 3.01. The third-order valence-corrected chi connectivity index (χ3v) is 1.53. The van der Waals surface area contributed by atoms with Crippen LogP contribution in [0.15, 0.2) is 18.2 Å². The fourth-order valence-corrected chi connectivity index (χ4v) is 1.19. The minimum absolute atomic E-state index is 0.0764. The molecule has 1 aromatic rings. The molecule has 0 spiro atoms. The smallest absolute Gasteiger partial charge is 0.104 e. The summed E-state index contributed by atoms with van der Waals surface area (Å²) in [5, 5.41) is 8.49. The third-order valence-electron chi connectivity index (χ3n) is 1.53. The van der Waals surface area contributed by atoms with E-state index in [1.54, 1.807) is 0 Å². The number of aliphatic hydroxyl groups excluding tert-OH is 1. The lowest BCUT2D eigenvalue weighted by Crippen LogP contribution is -1.81. The van der Waals surface area contributed by atoms with E-state index in [-0.39, 0.29) is 6.61 Å². The van der Waals surface area contributed by atoms with Crippen molar-refractivity contribution in [3.05, 3.63) is 34.9 Å². The van der Waals surface area contributed by atoms with Crippen molar-refractivity contribution < 1.29 is 5.11 Å². The van der Waals surface area contributed by atoms with Crippen LogP contribution in [0.5, 0.6) is 0 Å². The Morgan fingerprint density at radius 3 is 2.25 bits per heavy atom. The Morgan fingerprint density at radius 2 is 1.75 bits per heavy atom. The van der Waals surface area contributed by atoms with Gasteiger partial charge in [-0.05, 0) is 37.1 Å². The Hall–Kier alpha value is -1.26. The van der Waals surface area contributed by atoms with Gasteiger partial charge in [-0.25, -0.2) is 0 Å². The zero-order chi connectivity index (χ0) is 8.97. The Labute approximate surface area is 73.0 Å². The maximum Gasteiger partial charge on any atom is 0.104 e. The first-order valence-corrected chi connectivity index (χ1v) is 3.90. The van der Waals surface area contributed by atoms with Crippen LogP contribution >= 0.6 is 0 Å². The molecule has 1 N–H and O–H groups in total. The highest BCUT2D eigenvalue weighted by Crippen LogP contribution is 2.06. The van der Waals surface area contributed by atoms with E-state index in [1.165, 1.54) is 11.1 Å². The van der Waals surface area contributed by atoms with Gasteiger partial charge in [0.05, 0.1) is 0 Å². The van der Waals surface area contributed by atoms with Gasteiger partial charge < -0.3 is 5.11 Å². The van der Waals surface area contributed by atoms with Crippen LogP contribution in [0.2, 0.25) is 0 Å². The summed E-state index contributed by atoms with van der Waals surface area (Å²) in [5.41, 5.74) is 3.39. The van der Waals surface area contributed by atoms with Crippen LogP contribution in [-0.4, -0.2) is 11.7 Å². The van der Waals surface area contributed by atoms with Gasteiger partial charge in [-0.1, -0.05) is 17.9 Å². The first-order valence-electron chi connectivity index (χ1n) is 3.90. The second-order valence-corrected chi connectivity index (χ2v) is 2.84. The normalized spacial score (nSPS) is 8.92. The molecule has 1 aromatic carbocycles. The molecule has 0 atom stereocenters. The maximum atomic E-state index is 8.49. The minimum atomic E-state index is -0.0764. The molecule has 0 aliphatic rings. The first kappa shape index (κ1) is 8.83. The molecule has 0 unspecified atom stereocenters. The van der Waals surface area contributed by atoms with Gasteiger partial charge in [0.25, 0.3) is 0 Å². The van der Waals surface area contributed by atoms with Crippen LogP contribution < -0.4 is 0 Å². The zero-order valence-electron chi connectivity index (χ0n) is 7.39. The number of aliphatic hydroxyl groups is 1. The molecule has 0 aliphatic heterocycles. The van der Waals surface area contributed by atoms with Gasteiger partial charge in [-0.2, -0.15) is 0 Å². The lowest BCUT2D eigenvalue weighted by atomic mass is 10.1. The van der Waals surface area contributed by atoms with Crippen molar-refractivity contribution in [1.82, 2.24) is 0 Å². The Kier molecular flexibility index (Phi) is 2.90. The van der Waals surface area contributed by atoms with E-state index in [2.05, 4.69) is 17.9 Å². The fourth-order valence-electron chi connectivity index (χ4n) is 1.19. The van der Waals surface area contributed by atoms with Crippen molar-refractivity contribution in [2.45, 2.75) is 13.8 Å². The highest BCUT2D eigenvalue weighted by atomic mass is 16.2. The molecule has 0 amide bonds. The van der Waals surface area contributed by atoms with Crippen molar-refractivity contribution in [2.75, 3.05) is 6.61 Å². The fraction of sp³-hybridized carbons (Fsp3) is 0.273. The summed E-state index contributed by atoms with van der Waals surface area (Å²) in [5.74, 6) is 5.50. The number of rotatable bonds is 0. The van der Waals surface area contributed by atoms with Crippen LogP contribution in [0.4, 0.5) is 0 Å². The van der Waals surface area contributed by atoms with E-state index < -0.39 is 0 Å². The van der Waals surface area contributed by atoms with Gasteiger partial charge in [0.1, 0.15) is 6.61 Å². The van der Waals surface area contributed by atoms with E-state index >= 15 is 0 Å². The summed E-state index contributed by atoms with van der Waals surface area (Å²) in [6.45, 7) is 4.00. The molecule has 0 heterocycles. The molecule has 0 saturated carbocycles. The van der Waals surface area contributed by atoms with Crippen LogP contribution in [0, 0.1) is 25.7 Å². The van der Waals surface area contributed by atoms with E-state index in [9.17, 15) is 0 Å². The Morgan fingerprint density at radius 1 is 1.17 bits per heavy atom. The SMILES string of the molecule is Cc1cc(C)cc(C#CCO)c1. The quantitative estimate of drug-likeness (QED) is 0.572. The zero-order valence-corrected chi connectivity index (χ0v) is 7.39. The van der Waals surface area contributed by atoms with Gasteiger partial charge in [0.2, 0.25) is 0 Å². The number of hydrogen-bond donors (Lipinski definition) is 1. The van der Waals surface area contributed by atoms with Gasteiger partial charge in [-0.3, -0.25) is 0 Å². The average molecular weight is 160 g/mol. The molecule has 62 valence electrons. The molecule has 1 rings (SSSR count). The molecule has 0 aliphatic carbocycles. The largest absolute Gasteiger partial charge is 0.384 e. The van der Waals surface area contributed by atoms with Crippen molar-refractivity contribution in [3.8, 4) is 11.8 Å². The summed E-state index contributed by atoms with van der Waals surface area (Å²) >= 11 is 0. The molecular weight excluding hydrogens is 148 g/mol. The molecule has 0 fully saturated rings. The monoisotopic (exact) mass is 160 g/mol. The van der Waals surface area contributed by atoms with Crippen LogP contribution in [0.1, 0.15) is 16.7 Å². The van der Waals surface area contributed by atoms with E-state index in [4.69, 9.17) is 5.11 Å². The summed E-state index contributed by atoms with van der Waals surface area (Å²) in [4.78, 5) is 0. The standard InChI is InChI=1S/C11H12O/c1-9-6-10(2)8-11(7-9)4-3-5-12/h6-8,12H,5H2,1-2H3. The maximum absolute atomic E-state index is 8.49. The van der Waals surface area contributed by atoms with Gasteiger partial charge in [-0.15, -0.1) is 0 Å². The number of benzene rings is 1. The Bertz CT molecular complexity index is 308. The van der Waals surface area contributed by atoms with Crippen LogP contribution in [0.3, 0.4) is 0 Å². The van der Waals surface area contributed by atoms with Crippen LogP contribution in [-0.2, 0) is 0 Å². The minimum Gasteiger partial charge on any atom is -0.384 e. The molecule has 0 aromatic heterocycles. The molecule has 0 bridgehead atoms. The van der Waals surface area contributed by atoms with Gasteiger partial charge in [0.15, 0.2) is 0 Å². The lowest BCUT2D eigenvalue weighted by Gasteiger charge is -1.96. The molecular formula is C11H12O. The number of aryl methyl sites for hydroxylation is 2. The van der Waals surface area contributed by atoms with E-state index in [0.29, 0.717) is 0 Å². The predicted octanol–water partition coefficient (Wildman–Crippen LogP) is 1.65. The summed E-state index contributed by atoms with van der Waals surface area (Å²) < 4.78 is 0. The predicted molar refractivity (Wildman–Crippen MR) is 49.9 cm³/mol. The van der Waals surface area contributed by atoms with Crippen molar-refractivity contribution in [1.29, 1.82) is 0 Å². The van der Waals surface area contributed by atoms with Crippen molar-refractivity contribution >= 4 is 0 Å². The second kappa shape index (κ2) is 3.94. The molecule has 0 saturated heterocycles. The summed E-state index contributed by atoms with van der Waals surface area (Å²) in [6, 6.07) is 6.12. The van der Waals surface area contributed by atoms with Crippen LogP contribution in [0.25, 0.3) is 0 Å². The lowest BCUT2D eigenvalue weighted by molar-refractivity contribution is 0.350. The summed E-state index contributed by atoms with van der Waals surface area (Å²) in [7, 11) is 0. The second-order valence-electron chi connectivity index (χ2n) is 2.84. The molecule has 1 nitrogen and oxygen atoms in total. The van der Waals surface area contributed by atoms with Crippen molar-refractivity contribution in [2.24, 2.45) is 0 Å². The average Bonchev–Trinajstić information content (AvgIpc) is 1.99. The molecule has 0 radical (unpaired) electrons. The first-order chi connectivity index (χ1) is 5.72. The highest BCUT2D eigenvalue weighted by molar-refractivity contribution is 5.39. The molecule has 1 heteroatoms. The third kappa shape index (κ3) is 2.41. The summed E-state index contributed by atoms with van der Waals surface area (Å²) in [6.07, 6.45) is 0. The van der Waals surface area contributed by atoms with Gasteiger partial charge >= 0.3 is 0 Å². The van der Waals surface area contributed by atoms with Gasteiger partial charge in [0, 0.05) is 5.56 Å². The number of hydrogen-bond acceptors (Lipinski definition) is 1. The molecule has 12 heavy (non-hydrogen) atoms. The van der Waals surface area contributed by atoms with E-state index in [0.717, 1.165) is 5.56 Å². The highest BCUT2D eigenvalue weighted by Gasteiger charge is 1.90. The topological polar surface area (TPSA) is 20.2 Å². The van der Waals surface area contributed by atoms with Crippen molar-refractivity contribution in [3.63, 3.8) is 0 Å².